The van der Waals surface area contributed by atoms with Gasteiger partial charge < -0.3 is 20.6 Å². The molecule has 82 valence electrons. The van der Waals surface area contributed by atoms with Crippen molar-refractivity contribution in [1.29, 1.82) is 0 Å². The number of aliphatic hydroxyl groups excluding tert-OH is 3. The Morgan fingerprint density at radius 1 is 1.33 bits per heavy atom. The molecule has 0 saturated carbocycles. The van der Waals surface area contributed by atoms with Gasteiger partial charge in [-0.2, -0.15) is 0 Å². The summed E-state index contributed by atoms with van der Waals surface area (Å²) in [6.07, 6.45) is 1.42. The van der Waals surface area contributed by atoms with Crippen molar-refractivity contribution >= 4 is 0 Å². The largest absolute Gasteiger partial charge is 0.395 e. The van der Waals surface area contributed by atoms with E-state index >= 15 is 0 Å². The standard InChI is InChI=1S/C10H14N2O3/c13-5-7-9(14)10(15)8(12-7)6-2-1-3-11-4-6/h1-4,7-10,12-15H,5H2. The lowest BCUT2D eigenvalue weighted by atomic mass is 10.0. The van der Waals surface area contributed by atoms with Gasteiger partial charge in [-0.05, 0) is 11.6 Å². The Labute approximate surface area is 87.4 Å². The normalized spacial score (nSPS) is 35.7. The maximum Gasteiger partial charge on any atom is 0.101 e. The first-order valence-electron chi connectivity index (χ1n) is 4.87. The molecule has 0 bridgehead atoms. The van der Waals surface area contributed by atoms with Crippen LogP contribution < -0.4 is 5.32 Å². The molecule has 4 unspecified atom stereocenters. The average Bonchev–Trinajstić information content (AvgIpc) is 2.57. The van der Waals surface area contributed by atoms with Crippen LogP contribution in [0.25, 0.3) is 0 Å². The number of hydrogen-bond acceptors (Lipinski definition) is 5. The number of hydrogen-bond donors (Lipinski definition) is 4. The molecule has 1 aromatic heterocycles. The van der Waals surface area contributed by atoms with E-state index in [1.807, 2.05) is 6.07 Å². The molecule has 1 aliphatic heterocycles. The second-order valence-corrected chi connectivity index (χ2v) is 3.70. The zero-order valence-corrected chi connectivity index (χ0v) is 8.11. The molecule has 4 atom stereocenters. The topological polar surface area (TPSA) is 85.6 Å². The molecule has 0 aliphatic carbocycles. The van der Waals surface area contributed by atoms with E-state index < -0.39 is 18.2 Å². The molecule has 1 aliphatic rings. The van der Waals surface area contributed by atoms with Crippen LogP contribution in [0, 0.1) is 0 Å². The number of pyridine rings is 1. The Hall–Kier alpha value is -1.01. The summed E-state index contributed by atoms with van der Waals surface area (Å²) >= 11 is 0. The highest BCUT2D eigenvalue weighted by atomic mass is 16.3. The molecule has 1 fully saturated rings. The monoisotopic (exact) mass is 210 g/mol. The van der Waals surface area contributed by atoms with E-state index in [9.17, 15) is 10.2 Å². The third-order valence-corrected chi connectivity index (χ3v) is 2.74. The molecule has 2 heterocycles. The maximum atomic E-state index is 9.76. The molecule has 5 nitrogen and oxygen atoms in total. The van der Waals surface area contributed by atoms with Gasteiger partial charge in [-0.3, -0.25) is 4.98 Å². The highest BCUT2D eigenvalue weighted by molar-refractivity contribution is 5.19. The Kier molecular flexibility index (Phi) is 2.97. The first kappa shape index (κ1) is 10.5. The Morgan fingerprint density at radius 3 is 2.67 bits per heavy atom. The summed E-state index contributed by atoms with van der Waals surface area (Å²) in [6.45, 7) is -0.199. The third kappa shape index (κ3) is 1.87. The van der Waals surface area contributed by atoms with Crippen LogP contribution >= 0.6 is 0 Å². The van der Waals surface area contributed by atoms with Gasteiger partial charge in [-0.25, -0.2) is 0 Å². The van der Waals surface area contributed by atoms with Crippen LogP contribution in [0.1, 0.15) is 11.6 Å². The van der Waals surface area contributed by atoms with Crippen LogP contribution in [-0.2, 0) is 0 Å². The van der Waals surface area contributed by atoms with Crippen molar-refractivity contribution in [2.75, 3.05) is 6.61 Å². The van der Waals surface area contributed by atoms with Crippen molar-refractivity contribution in [1.82, 2.24) is 10.3 Å². The quantitative estimate of drug-likeness (QED) is 0.493. The zero-order valence-electron chi connectivity index (χ0n) is 8.11. The molecular weight excluding hydrogens is 196 g/mol. The molecule has 4 N–H and O–H groups in total. The van der Waals surface area contributed by atoms with Crippen molar-refractivity contribution in [3.8, 4) is 0 Å². The molecule has 2 rings (SSSR count). The van der Waals surface area contributed by atoms with Crippen molar-refractivity contribution in [3.05, 3.63) is 30.1 Å². The highest BCUT2D eigenvalue weighted by Crippen LogP contribution is 2.26. The lowest BCUT2D eigenvalue weighted by Crippen LogP contribution is -2.35. The van der Waals surface area contributed by atoms with Crippen LogP contribution in [0.2, 0.25) is 0 Å². The lowest BCUT2D eigenvalue weighted by molar-refractivity contribution is 0.0194. The van der Waals surface area contributed by atoms with Crippen molar-refractivity contribution in [3.63, 3.8) is 0 Å². The first-order valence-corrected chi connectivity index (χ1v) is 4.87. The summed E-state index contributed by atoms with van der Waals surface area (Å²) in [5.41, 5.74) is 0.806. The summed E-state index contributed by atoms with van der Waals surface area (Å²) in [4.78, 5) is 3.94. The average molecular weight is 210 g/mol. The minimum atomic E-state index is -0.944. The van der Waals surface area contributed by atoms with Gasteiger partial charge >= 0.3 is 0 Å². The Balaban J connectivity index is 2.19. The SMILES string of the molecule is OCC1NC(c2cccnc2)C(O)C1O. The predicted molar refractivity (Wildman–Crippen MR) is 53.0 cm³/mol. The van der Waals surface area contributed by atoms with Crippen LogP contribution in [0.3, 0.4) is 0 Å². The molecule has 1 saturated heterocycles. The number of aliphatic hydroxyl groups is 3. The fourth-order valence-electron chi connectivity index (χ4n) is 1.88. The fraction of sp³-hybridized carbons (Fsp3) is 0.500. The van der Waals surface area contributed by atoms with Gasteiger partial charge in [0.25, 0.3) is 0 Å². The number of aromatic nitrogens is 1. The number of nitrogens with zero attached hydrogens (tertiary/aromatic N) is 1. The van der Waals surface area contributed by atoms with Gasteiger partial charge in [0.1, 0.15) is 6.10 Å². The third-order valence-electron chi connectivity index (χ3n) is 2.74. The van der Waals surface area contributed by atoms with E-state index in [0.29, 0.717) is 0 Å². The van der Waals surface area contributed by atoms with E-state index in [1.165, 1.54) is 0 Å². The van der Waals surface area contributed by atoms with E-state index in [1.54, 1.807) is 18.5 Å². The Morgan fingerprint density at radius 2 is 2.13 bits per heavy atom. The van der Waals surface area contributed by atoms with Crippen LogP contribution in [0.15, 0.2) is 24.5 Å². The van der Waals surface area contributed by atoms with E-state index in [-0.39, 0.29) is 12.6 Å². The fourth-order valence-corrected chi connectivity index (χ4v) is 1.88. The van der Waals surface area contributed by atoms with Crippen molar-refractivity contribution in [2.24, 2.45) is 0 Å². The summed E-state index contributed by atoms with van der Waals surface area (Å²) in [5.74, 6) is 0. The second kappa shape index (κ2) is 4.24. The van der Waals surface area contributed by atoms with E-state index in [4.69, 9.17) is 5.11 Å². The molecule has 0 spiro atoms. The van der Waals surface area contributed by atoms with E-state index in [2.05, 4.69) is 10.3 Å². The van der Waals surface area contributed by atoms with Gasteiger partial charge in [0.2, 0.25) is 0 Å². The lowest BCUT2D eigenvalue weighted by Gasteiger charge is -2.15. The minimum Gasteiger partial charge on any atom is -0.395 e. The molecular formula is C10H14N2O3. The summed E-state index contributed by atoms with van der Waals surface area (Å²) in [6, 6.07) is 2.74. The van der Waals surface area contributed by atoms with Gasteiger partial charge in [-0.15, -0.1) is 0 Å². The van der Waals surface area contributed by atoms with Gasteiger partial charge in [-0.1, -0.05) is 6.07 Å². The highest BCUT2D eigenvalue weighted by Gasteiger charge is 2.41. The number of rotatable bonds is 2. The van der Waals surface area contributed by atoms with Crippen LogP contribution in [0.5, 0.6) is 0 Å². The first-order chi connectivity index (χ1) is 7.24. The van der Waals surface area contributed by atoms with Gasteiger partial charge in [0.15, 0.2) is 0 Å². The molecule has 1 aromatic rings. The van der Waals surface area contributed by atoms with Gasteiger partial charge in [0, 0.05) is 12.4 Å². The predicted octanol–water partition coefficient (Wildman–Crippen LogP) is -1.19. The molecule has 0 radical (unpaired) electrons. The molecule has 15 heavy (non-hydrogen) atoms. The molecule has 0 amide bonds. The van der Waals surface area contributed by atoms with Gasteiger partial charge in [0.05, 0.1) is 24.8 Å². The smallest absolute Gasteiger partial charge is 0.101 e. The van der Waals surface area contributed by atoms with Crippen molar-refractivity contribution < 1.29 is 15.3 Å². The maximum absolute atomic E-state index is 9.76. The van der Waals surface area contributed by atoms with Crippen molar-refractivity contribution in [2.45, 2.75) is 24.3 Å². The molecule has 5 heteroatoms. The van der Waals surface area contributed by atoms with Crippen LogP contribution in [-0.4, -0.2) is 45.2 Å². The zero-order chi connectivity index (χ0) is 10.8. The van der Waals surface area contributed by atoms with Crippen LogP contribution in [0.4, 0.5) is 0 Å². The summed E-state index contributed by atoms with van der Waals surface area (Å²) in [7, 11) is 0. The van der Waals surface area contributed by atoms with E-state index in [0.717, 1.165) is 5.56 Å². The molecule has 0 aromatic carbocycles. The summed E-state index contributed by atoms with van der Waals surface area (Å²) in [5, 5.41) is 31.3. The minimum absolute atomic E-state index is 0.199. The number of nitrogens with one attached hydrogen (secondary N) is 1. The second-order valence-electron chi connectivity index (χ2n) is 3.70. The summed E-state index contributed by atoms with van der Waals surface area (Å²) < 4.78 is 0. The Bertz CT molecular complexity index is 320.